The molecule has 0 saturated carbocycles. The quantitative estimate of drug-likeness (QED) is 0.674. The van der Waals surface area contributed by atoms with E-state index in [1.807, 2.05) is 0 Å². The first kappa shape index (κ1) is 15.8. The molecule has 0 aliphatic heterocycles. The molecular weight excluding hydrogens is 264 g/mol. The van der Waals surface area contributed by atoms with E-state index in [9.17, 15) is 9.59 Å². The van der Waals surface area contributed by atoms with Gasteiger partial charge in [-0.2, -0.15) is 0 Å². The Morgan fingerprint density at radius 3 is 1.75 bits per heavy atom. The highest BCUT2D eigenvalue weighted by Gasteiger charge is 2.06. The summed E-state index contributed by atoms with van der Waals surface area (Å²) in [6.45, 7) is 3.73. The van der Waals surface area contributed by atoms with E-state index in [1.165, 1.54) is 0 Å². The summed E-state index contributed by atoms with van der Waals surface area (Å²) in [5, 5.41) is 0. The molecular formula is C14H18O6. The van der Waals surface area contributed by atoms with Crippen molar-refractivity contribution in [1.29, 1.82) is 0 Å². The molecule has 0 bridgehead atoms. The molecule has 0 saturated heterocycles. The lowest BCUT2D eigenvalue weighted by molar-refractivity contribution is -0.146. The largest absolute Gasteiger partial charge is 0.482 e. The summed E-state index contributed by atoms with van der Waals surface area (Å²) >= 11 is 0. The van der Waals surface area contributed by atoms with Crippen LogP contribution in [0.5, 0.6) is 11.5 Å². The summed E-state index contributed by atoms with van der Waals surface area (Å²) in [6.07, 6.45) is 0. The van der Waals surface area contributed by atoms with Gasteiger partial charge in [-0.1, -0.05) is 6.07 Å². The second kappa shape index (κ2) is 8.79. The first-order valence-corrected chi connectivity index (χ1v) is 6.32. The lowest BCUT2D eigenvalue weighted by Gasteiger charge is -2.09. The molecule has 0 spiro atoms. The fraction of sp³-hybridized carbons (Fsp3) is 0.429. The molecule has 6 heteroatoms. The fourth-order valence-electron chi connectivity index (χ4n) is 1.34. The molecule has 1 aromatic rings. The Morgan fingerprint density at radius 2 is 1.35 bits per heavy atom. The molecule has 0 heterocycles. The molecule has 0 amide bonds. The van der Waals surface area contributed by atoms with E-state index in [1.54, 1.807) is 38.1 Å². The summed E-state index contributed by atoms with van der Waals surface area (Å²) in [7, 11) is 0. The van der Waals surface area contributed by atoms with Crippen LogP contribution in [0, 0.1) is 0 Å². The molecule has 1 rings (SSSR count). The standard InChI is InChI=1S/C14H18O6/c1-3-17-13(15)9-19-11-6-5-7-12(8-11)20-10-14(16)18-4-2/h5-8H,3-4,9-10H2,1-2H3. The van der Waals surface area contributed by atoms with Gasteiger partial charge in [0, 0.05) is 6.07 Å². The van der Waals surface area contributed by atoms with Crippen LogP contribution in [0.1, 0.15) is 13.8 Å². The Morgan fingerprint density at radius 1 is 0.900 bits per heavy atom. The Labute approximate surface area is 117 Å². The van der Waals surface area contributed by atoms with Gasteiger partial charge in [0.15, 0.2) is 13.2 Å². The van der Waals surface area contributed by atoms with Crippen molar-refractivity contribution in [3.63, 3.8) is 0 Å². The van der Waals surface area contributed by atoms with Gasteiger partial charge in [-0.25, -0.2) is 9.59 Å². The lowest BCUT2D eigenvalue weighted by atomic mass is 10.3. The summed E-state index contributed by atoms with van der Waals surface area (Å²) in [6, 6.07) is 6.63. The highest BCUT2D eigenvalue weighted by molar-refractivity contribution is 5.71. The summed E-state index contributed by atoms with van der Waals surface area (Å²) in [4.78, 5) is 22.3. The SMILES string of the molecule is CCOC(=O)COc1cccc(OCC(=O)OCC)c1. The van der Waals surface area contributed by atoms with Gasteiger partial charge >= 0.3 is 11.9 Å². The smallest absolute Gasteiger partial charge is 0.344 e. The second-order valence-corrected chi connectivity index (χ2v) is 3.66. The maximum absolute atomic E-state index is 11.1. The van der Waals surface area contributed by atoms with Crippen LogP contribution in [-0.4, -0.2) is 38.4 Å². The van der Waals surface area contributed by atoms with Crippen molar-refractivity contribution >= 4 is 11.9 Å². The van der Waals surface area contributed by atoms with E-state index in [4.69, 9.17) is 18.9 Å². The van der Waals surface area contributed by atoms with Crippen molar-refractivity contribution in [2.45, 2.75) is 13.8 Å². The molecule has 0 aliphatic carbocycles. The number of hydrogen-bond donors (Lipinski definition) is 0. The number of rotatable bonds is 8. The van der Waals surface area contributed by atoms with Gasteiger partial charge in [-0.15, -0.1) is 0 Å². The average Bonchev–Trinajstić information content (AvgIpc) is 2.44. The first-order chi connectivity index (χ1) is 9.65. The molecule has 0 fully saturated rings. The van der Waals surface area contributed by atoms with Crippen LogP contribution in [0.3, 0.4) is 0 Å². The molecule has 0 atom stereocenters. The number of hydrogen-bond acceptors (Lipinski definition) is 6. The second-order valence-electron chi connectivity index (χ2n) is 3.66. The normalized spacial score (nSPS) is 9.70. The van der Waals surface area contributed by atoms with Crippen molar-refractivity contribution in [1.82, 2.24) is 0 Å². The maximum Gasteiger partial charge on any atom is 0.344 e. The van der Waals surface area contributed by atoms with Crippen LogP contribution < -0.4 is 9.47 Å². The van der Waals surface area contributed by atoms with Crippen LogP contribution in [0.2, 0.25) is 0 Å². The minimum atomic E-state index is -0.439. The van der Waals surface area contributed by atoms with Gasteiger partial charge in [-0.3, -0.25) is 0 Å². The zero-order chi connectivity index (χ0) is 14.8. The fourth-order valence-corrected chi connectivity index (χ4v) is 1.34. The van der Waals surface area contributed by atoms with Crippen LogP contribution in [0.25, 0.3) is 0 Å². The molecule has 1 aromatic carbocycles. The third-order valence-electron chi connectivity index (χ3n) is 2.13. The Kier molecular flexibility index (Phi) is 6.95. The predicted octanol–water partition coefficient (Wildman–Crippen LogP) is 1.57. The van der Waals surface area contributed by atoms with E-state index in [2.05, 4.69) is 0 Å². The van der Waals surface area contributed by atoms with Crippen molar-refractivity contribution in [3.8, 4) is 11.5 Å². The Hall–Kier alpha value is -2.24. The summed E-state index contributed by atoms with van der Waals surface area (Å²) in [5.74, 6) is 0.0366. The number of benzene rings is 1. The van der Waals surface area contributed by atoms with Crippen LogP contribution in [0.4, 0.5) is 0 Å². The minimum absolute atomic E-state index is 0.171. The molecule has 110 valence electrons. The third-order valence-corrected chi connectivity index (χ3v) is 2.13. The molecule has 0 N–H and O–H groups in total. The van der Waals surface area contributed by atoms with Gasteiger partial charge in [0.25, 0.3) is 0 Å². The first-order valence-electron chi connectivity index (χ1n) is 6.32. The van der Waals surface area contributed by atoms with Gasteiger partial charge in [0.05, 0.1) is 13.2 Å². The van der Waals surface area contributed by atoms with Gasteiger partial charge in [0.2, 0.25) is 0 Å². The maximum atomic E-state index is 11.1. The van der Waals surface area contributed by atoms with Crippen LogP contribution >= 0.6 is 0 Å². The number of carbonyl (C=O) groups is 2. The van der Waals surface area contributed by atoms with Crippen LogP contribution in [-0.2, 0) is 19.1 Å². The van der Waals surface area contributed by atoms with Crippen molar-refractivity contribution in [3.05, 3.63) is 24.3 Å². The highest BCUT2D eigenvalue weighted by atomic mass is 16.6. The molecule has 6 nitrogen and oxygen atoms in total. The summed E-state index contributed by atoms with van der Waals surface area (Å²) < 4.78 is 20.0. The van der Waals surface area contributed by atoms with Gasteiger partial charge in [0.1, 0.15) is 11.5 Å². The molecule has 0 radical (unpaired) electrons. The number of carbonyl (C=O) groups excluding carboxylic acids is 2. The zero-order valence-corrected chi connectivity index (χ0v) is 11.6. The Balaban J connectivity index is 2.45. The molecule has 0 aromatic heterocycles. The molecule has 20 heavy (non-hydrogen) atoms. The number of esters is 2. The van der Waals surface area contributed by atoms with Crippen LogP contribution in [0.15, 0.2) is 24.3 Å². The zero-order valence-electron chi connectivity index (χ0n) is 11.6. The summed E-state index contributed by atoms with van der Waals surface area (Å²) in [5.41, 5.74) is 0. The van der Waals surface area contributed by atoms with E-state index in [-0.39, 0.29) is 13.2 Å². The average molecular weight is 282 g/mol. The van der Waals surface area contributed by atoms with E-state index >= 15 is 0 Å². The monoisotopic (exact) mass is 282 g/mol. The molecule has 0 aliphatic rings. The van der Waals surface area contributed by atoms with Gasteiger partial charge in [-0.05, 0) is 26.0 Å². The third kappa shape index (κ3) is 6.08. The predicted molar refractivity (Wildman–Crippen MR) is 70.7 cm³/mol. The highest BCUT2D eigenvalue weighted by Crippen LogP contribution is 2.19. The number of ether oxygens (including phenoxy) is 4. The van der Waals surface area contributed by atoms with Crippen molar-refractivity contribution in [2.24, 2.45) is 0 Å². The van der Waals surface area contributed by atoms with E-state index < -0.39 is 11.9 Å². The van der Waals surface area contributed by atoms with E-state index in [0.29, 0.717) is 24.7 Å². The topological polar surface area (TPSA) is 71.1 Å². The Bertz CT molecular complexity index is 406. The lowest BCUT2D eigenvalue weighted by Crippen LogP contribution is -2.15. The minimum Gasteiger partial charge on any atom is -0.482 e. The van der Waals surface area contributed by atoms with E-state index in [0.717, 1.165) is 0 Å². The van der Waals surface area contributed by atoms with Crippen molar-refractivity contribution in [2.75, 3.05) is 26.4 Å². The molecule has 0 unspecified atom stereocenters. The van der Waals surface area contributed by atoms with Gasteiger partial charge < -0.3 is 18.9 Å². The van der Waals surface area contributed by atoms with Crippen molar-refractivity contribution < 1.29 is 28.5 Å².